The van der Waals surface area contributed by atoms with Crippen LogP contribution in [-0.2, 0) is 9.47 Å². The normalized spacial score (nSPS) is 35.2. The summed E-state index contributed by atoms with van der Waals surface area (Å²) in [4.78, 5) is 0. The third-order valence-corrected chi connectivity index (χ3v) is 4.24. The summed E-state index contributed by atoms with van der Waals surface area (Å²) in [6.45, 7) is 3.07. The number of hydrogen-bond acceptors (Lipinski definition) is 4. The van der Waals surface area contributed by atoms with Gasteiger partial charge in [0.05, 0.1) is 12.2 Å². The Morgan fingerprint density at radius 3 is 2.71 bits per heavy atom. The van der Waals surface area contributed by atoms with Crippen LogP contribution < -0.4 is 11.3 Å². The number of nitrogens with two attached hydrogens (primary N) is 1. The fraction of sp³-hybridized carbons (Fsp3) is 0.846. The van der Waals surface area contributed by atoms with Crippen molar-refractivity contribution in [2.45, 2.75) is 50.7 Å². The molecule has 0 aromatic heterocycles. The smallest absolute Gasteiger partial charge is 0.113 e. The molecule has 1 fully saturated rings. The summed E-state index contributed by atoms with van der Waals surface area (Å²) in [5, 5.41) is 0. The lowest BCUT2D eigenvalue weighted by Gasteiger charge is -2.43. The Kier molecular flexibility index (Phi) is 4.07. The van der Waals surface area contributed by atoms with Crippen LogP contribution in [0, 0.1) is 5.92 Å². The van der Waals surface area contributed by atoms with Crippen LogP contribution in [0.1, 0.15) is 39.0 Å². The molecule has 0 spiro atoms. The van der Waals surface area contributed by atoms with Gasteiger partial charge in [0.25, 0.3) is 0 Å². The lowest BCUT2D eigenvalue weighted by atomic mass is 9.75. The zero-order valence-corrected chi connectivity index (χ0v) is 10.9. The summed E-state index contributed by atoms with van der Waals surface area (Å²) in [5.74, 6) is 7.48. The number of methoxy groups -OCH3 is 1. The van der Waals surface area contributed by atoms with Crippen LogP contribution in [0.25, 0.3) is 0 Å². The maximum Gasteiger partial charge on any atom is 0.113 e. The lowest BCUT2D eigenvalue weighted by Crippen LogP contribution is -2.57. The first kappa shape index (κ1) is 12.9. The highest BCUT2D eigenvalue weighted by Crippen LogP contribution is 2.39. The zero-order chi connectivity index (χ0) is 12.3. The minimum atomic E-state index is -0.197. The molecule has 4 nitrogen and oxygen atoms in total. The molecule has 0 radical (unpaired) electrons. The van der Waals surface area contributed by atoms with Crippen LogP contribution in [0.3, 0.4) is 0 Å². The zero-order valence-electron chi connectivity index (χ0n) is 10.9. The molecule has 2 rings (SSSR count). The van der Waals surface area contributed by atoms with Gasteiger partial charge in [0.2, 0.25) is 0 Å². The summed E-state index contributed by atoms with van der Waals surface area (Å²) >= 11 is 0. The van der Waals surface area contributed by atoms with E-state index in [1.165, 1.54) is 12.8 Å². The average molecular weight is 240 g/mol. The molecule has 1 aliphatic carbocycles. The second-order valence-corrected chi connectivity index (χ2v) is 5.29. The number of hydrogen-bond donors (Lipinski definition) is 2. The van der Waals surface area contributed by atoms with E-state index in [-0.39, 0.29) is 11.6 Å². The maximum absolute atomic E-state index is 5.83. The van der Waals surface area contributed by atoms with Gasteiger partial charge in [0, 0.05) is 13.5 Å². The first-order valence-corrected chi connectivity index (χ1v) is 6.56. The average Bonchev–Trinajstić information content (AvgIpc) is 2.86. The van der Waals surface area contributed by atoms with Gasteiger partial charge in [0.1, 0.15) is 11.8 Å². The fourth-order valence-electron chi connectivity index (χ4n) is 2.99. The van der Waals surface area contributed by atoms with Crippen molar-refractivity contribution in [3.05, 3.63) is 11.8 Å². The standard InChI is InChI=1S/C13H24N2O2/c1-10-5-7-13(16-2,8-6-10)12(15-14)11-4-3-9-17-11/h4,10,12,15H,3,5-9,14H2,1-2H3. The molecular weight excluding hydrogens is 216 g/mol. The predicted molar refractivity (Wildman–Crippen MR) is 67.1 cm³/mol. The minimum absolute atomic E-state index is 0.0116. The quantitative estimate of drug-likeness (QED) is 0.580. The Morgan fingerprint density at radius 2 is 2.24 bits per heavy atom. The highest BCUT2D eigenvalue weighted by molar-refractivity contribution is 5.15. The van der Waals surface area contributed by atoms with Gasteiger partial charge in [-0.05, 0) is 37.7 Å². The molecule has 1 atom stereocenters. The summed E-state index contributed by atoms with van der Waals surface area (Å²) in [5.41, 5.74) is 2.71. The van der Waals surface area contributed by atoms with Crippen molar-refractivity contribution < 1.29 is 9.47 Å². The third kappa shape index (κ3) is 2.49. The topological polar surface area (TPSA) is 56.5 Å². The predicted octanol–water partition coefficient (Wildman–Crippen LogP) is 1.72. The molecular formula is C13H24N2O2. The summed E-state index contributed by atoms with van der Waals surface area (Å²) < 4.78 is 11.5. The molecule has 1 heterocycles. The highest BCUT2D eigenvalue weighted by atomic mass is 16.5. The van der Waals surface area contributed by atoms with Gasteiger partial charge in [-0.25, -0.2) is 5.43 Å². The molecule has 17 heavy (non-hydrogen) atoms. The van der Waals surface area contributed by atoms with E-state index in [1.807, 2.05) is 0 Å². The van der Waals surface area contributed by atoms with E-state index in [4.69, 9.17) is 15.3 Å². The van der Waals surface area contributed by atoms with Crippen molar-refractivity contribution in [3.8, 4) is 0 Å². The van der Waals surface area contributed by atoms with Crippen molar-refractivity contribution in [1.29, 1.82) is 0 Å². The first-order valence-electron chi connectivity index (χ1n) is 6.56. The van der Waals surface area contributed by atoms with E-state index in [2.05, 4.69) is 18.4 Å². The summed E-state index contributed by atoms with van der Waals surface area (Å²) in [6, 6.07) is -0.0116. The molecule has 0 bridgehead atoms. The Balaban J connectivity index is 2.14. The Labute approximate surface area is 104 Å². The molecule has 98 valence electrons. The molecule has 1 unspecified atom stereocenters. The van der Waals surface area contributed by atoms with E-state index in [9.17, 15) is 0 Å². The van der Waals surface area contributed by atoms with Crippen molar-refractivity contribution in [2.75, 3.05) is 13.7 Å². The lowest BCUT2D eigenvalue weighted by molar-refractivity contribution is -0.0756. The van der Waals surface area contributed by atoms with Crippen LogP contribution in [-0.4, -0.2) is 25.4 Å². The number of ether oxygens (including phenoxy) is 2. The van der Waals surface area contributed by atoms with E-state index >= 15 is 0 Å². The Morgan fingerprint density at radius 1 is 1.53 bits per heavy atom. The highest BCUT2D eigenvalue weighted by Gasteiger charge is 2.44. The summed E-state index contributed by atoms with van der Waals surface area (Å²) in [6.07, 6.45) is 7.58. The molecule has 4 heteroatoms. The van der Waals surface area contributed by atoms with Gasteiger partial charge in [-0.15, -0.1) is 0 Å². The molecule has 3 N–H and O–H groups in total. The second kappa shape index (κ2) is 5.38. The van der Waals surface area contributed by atoms with Crippen LogP contribution in [0.5, 0.6) is 0 Å². The van der Waals surface area contributed by atoms with Crippen molar-refractivity contribution >= 4 is 0 Å². The van der Waals surface area contributed by atoms with Gasteiger partial charge < -0.3 is 9.47 Å². The van der Waals surface area contributed by atoms with Crippen LogP contribution >= 0.6 is 0 Å². The van der Waals surface area contributed by atoms with Gasteiger partial charge >= 0.3 is 0 Å². The van der Waals surface area contributed by atoms with E-state index in [0.29, 0.717) is 0 Å². The summed E-state index contributed by atoms with van der Waals surface area (Å²) in [7, 11) is 1.79. The maximum atomic E-state index is 5.83. The number of hydrazine groups is 1. The Bertz CT molecular complexity index is 283. The Hall–Kier alpha value is -0.580. The number of rotatable bonds is 4. The first-order chi connectivity index (χ1) is 8.22. The van der Waals surface area contributed by atoms with Gasteiger partial charge in [-0.3, -0.25) is 5.84 Å². The monoisotopic (exact) mass is 240 g/mol. The molecule has 0 aromatic carbocycles. The van der Waals surface area contributed by atoms with Crippen molar-refractivity contribution in [3.63, 3.8) is 0 Å². The van der Waals surface area contributed by atoms with Crippen LogP contribution in [0.15, 0.2) is 11.8 Å². The van der Waals surface area contributed by atoms with Crippen LogP contribution in [0.2, 0.25) is 0 Å². The molecule has 0 amide bonds. The molecule has 2 aliphatic rings. The van der Waals surface area contributed by atoms with Gasteiger partial charge in [-0.1, -0.05) is 6.92 Å². The number of nitrogens with one attached hydrogen (secondary N) is 1. The van der Waals surface area contributed by atoms with Crippen LogP contribution in [0.4, 0.5) is 0 Å². The fourth-order valence-corrected chi connectivity index (χ4v) is 2.99. The van der Waals surface area contributed by atoms with Crippen molar-refractivity contribution in [2.24, 2.45) is 11.8 Å². The molecule has 0 aromatic rings. The van der Waals surface area contributed by atoms with E-state index in [0.717, 1.165) is 37.5 Å². The minimum Gasteiger partial charge on any atom is -0.496 e. The van der Waals surface area contributed by atoms with Gasteiger partial charge in [-0.2, -0.15) is 0 Å². The SMILES string of the molecule is COC1(C(NN)C2=CCCO2)CCC(C)CC1. The molecule has 1 saturated carbocycles. The largest absolute Gasteiger partial charge is 0.496 e. The third-order valence-electron chi connectivity index (χ3n) is 4.24. The molecule has 0 saturated heterocycles. The van der Waals surface area contributed by atoms with E-state index < -0.39 is 0 Å². The van der Waals surface area contributed by atoms with Crippen molar-refractivity contribution in [1.82, 2.24) is 5.43 Å². The molecule has 1 aliphatic heterocycles. The van der Waals surface area contributed by atoms with Gasteiger partial charge in [0.15, 0.2) is 0 Å². The second-order valence-electron chi connectivity index (χ2n) is 5.29. The van der Waals surface area contributed by atoms with E-state index in [1.54, 1.807) is 7.11 Å².